The van der Waals surface area contributed by atoms with Gasteiger partial charge in [-0.3, -0.25) is 9.69 Å². The monoisotopic (exact) mass is 429 g/mol. The molecule has 1 aliphatic rings. The van der Waals surface area contributed by atoms with Crippen molar-refractivity contribution in [1.82, 2.24) is 19.7 Å². The van der Waals surface area contributed by atoms with Gasteiger partial charge in [0.05, 0.1) is 11.5 Å². The number of nitriles is 1. The van der Waals surface area contributed by atoms with Gasteiger partial charge in [-0.05, 0) is 23.8 Å². The molecule has 2 aromatic heterocycles. The second kappa shape index (κ2) is 7.31. The van der Waals surface area contributed by atoms with Gasteiger partial charge in [-0.25, -0.2) is 19.0 Å². The highest BCUT2D eigenvalue weighted by Gasteiger charge is 2.36. The SMILES string of the molecule is N#CCN1C(=O)C(n2nc(-c3cc(O)cc(F)c3)c3c(N)ncnc32)Cc2ccccc21. The number of carbonyl (C=O) groups is 1. The number of nitrogen functional groups attached to an aromatic ring is 1. The highest BCUT2D eigenvalue weighted by Crippen LogP contribution is 2.37. The molecule has 1 atom stereocenters. The maximum Gasteiger partial charge on any atom is 0.253 e. The third-order valence-electron chi connectivity index (χ3n) is 5.44. The Kier molecular flexibility index (Phi) is 4.44. The first kappa shape index (κ1) is 19.4. The van der Waals surface area contributed by atoms with Gasteiger partial charge in [-0.2, -0.15) is 10.4 Å². The minimum atomic E-state index is -0.800. The van der Waals surface area contributed by atoms with Crippen molar-refractivity contribution in [1.29, 1.82) is 5.26 Å². The summed E-state index contributed by atoms with van der Waals surface area (Å²) < 4.78 is 15.4. The molecule has 1 aliphatic heterocycles. The van der Waals surface area contributed by atoms with Gasteiger partial charge in [-0.1, -0.05) is 18.2 Å². The summed E-state index contributed by atoms with van der Waals surface area (Å²) in [5.74, 6) is -1.14. The number of aromatic nitrogens is 4. The van der Waals surface area contributed by atoms with E-state index in [1.165, 1.54) is 28.0 Å². The van der Waals surface area contributed by atoms with Gasteiger partial charge in [0, 0.05) is 23.7 Å². The predicted molar refractivity (Wildman–Crippen MR) is 114 cm³/mol. The van der Waals surface area contributed by atoms with Gasteiger partial charge >= 0.3 is 0 Å². The molecule has 4 aromatic rings. The van der Waals surface area contributed by atoms with Gasteiger partial charge in [0.1, 0.15) is 42.0 Å². The Morgan fingerprint density at radius 1 is 1.25 bits per heavy atom. The molecule has 9 nitrogen and oxygen atoms in total. The number of phenols is 1. The van der Waals surface area contributed by atoms with Crippen molar-refractivity contribution in [2.45, 2.75) is 12.5 Å². The third kappa shape index (κ3) is 2.99. The number of hydrogen-bond acceptors (Lipinski definition) is 7. The summed E-state index contributed by atoms with van der Waals surface area (Å²) in [5.41, 5.74) is 8.46. The average molecular weight is 429 g/mol. The number of fused-ring (bicyclic) bond motifs is 2. The lowest BCUT2D eigenvalue weighted by Gasteiger charge is -2.32. The highest BCUT2D eigenvalue weighted by atomic mass is 19.1. The van der Waals surface area contributed by atoms with E-state index in [0.717, 1.165) is 11.6 Å². The number of halogens is 1. The standard InChI is InChI=1S/C22H16FN7O2/c23-14-7-13(8-15(31)10-14)19-18-20(25)26-11-27-21(18)30(28-19)17-9-12-3-1-2-4-16(12)29(6-5-24)22(17)32/h1-4,7-8,10-11,17,31H,6,9H2,(H2,25,26,27). The van der Waals surface area contributed by atoms with Crippen LogP contribution in [0.15, 0.2) is 48.8 Å². The molecular formula is C22H16FN7O2. The van der Waals surface area contributed by atoms with E-state index < -0.39 is 11.9 Å². The van der Waals surface area contributed by atoms with Crippen molar-refractivity contribution in [2.24, 2.45) is 0 Å². The Morgan fingerprint density at radius 3 is 2.84 bits per heavy atom. The fraction of sp³-hybridized carbons (Fsp3) is 0.136. The van der Waals surface area contributed by atoms with E-state index in [0.29, 0.717) is 23.1 Å². The van der Waals surface area contributed by atoms with Crippen molar-refractivity contribution in [3.8, 4) is 23.1 Å². The first-order valence-electron chi connectivity index (χ1n) is 9.72. The number of carbonyl (C=O) groups excluding carboxylic acids is 1. The molecule has 32 heavy (non-hydrogen) atoms. The molecular weight excluding hydrogens is 413 g/mol. The van der Waals surface area contributed by atoms with E-state index >= 15 is 0 Å². The van der Waals surface area contributed by atoms with Gasteiger partial charge in [0.15, 0.2) is 5.65 Å². The first-order valence-corrected chi connectivity index (χ1v) is 9.72. The minimum Gasteiger partial charge on any atom is -0.508 e. The second-order valence-electron chi connectivity index (χ2n) is 7.38. The average Bonchev–Trinajstić information content (AvgIpc) is 3.16. The van der Waals surface area contributed by atoms with Crippen molar-refractivity contribution in [3.05, 3.63) is 60.2 Å². The van der Waals surface area contributed by atoms with Gasteiger partial charge in [-0.15, -0.1) is 0 Å². The highest BCUT2D eigenvalue weighted by molar-refractivity contribution is 6.02. The number of aromatic hydroxyl groups is 1. The molecule has 2 aromatic carbocycles. The topological polar surface area (TPSA) is 134 Å². The molecule has 0 aliphatic carbocycles. The molecule has 3 heterocycles. The third-order valence-corrected chi connectivity index (χ3v) is 5.44. The van der Waals surface area contributed by atoms with Crippen LogP contribution in [-0.4, -0.2) is 37.3 Å². The normalized spacial score (nSPS) is 15.6. The lowest BCUT2D eigenvalue weighted by molar-refractivity contribution is -0.122. The molecule has 10 heteroatoms. The predicted octanol–water partition coefficient (Wildman–Crippen LogP) is 2.57. The van der Waals surface area contributed by atoms with Crippen LogP contribution in [0.1, 0.15) is 11.6 Å². The van der Waals surface area contributed by atoms with Gasteiger partial charge in [0.2, 0.25) is 0 Å². The molecule has 0 saturated carbocycles. The quantitative estimate of drug-likeness (QED) is 0.478. The van der Waals surface area contributed by atoms with E-state index in [-0.39, 0.29) is 35.3 Å². The lowest BCUT2D eigenvalue weighted by atomic mass is 9.97. The molecule has 5 rings (SSSR count). The Morgan fingerprint density at radius 2 is 2.06 bits per heavy atom. The first-order chi connectivity index (χ1) is 15.5. The zero-order valence-electron chi connectivity index (χ0n) is 16.6. The van der Waals surface area contributed by atoms with Crippen molar-refractivity contribution >= 4 is 28.4 Å². The largest absolute Gasteiger partial charge is 0.508 e. The van der Waals surface area contributed by atoms with Crippen LogP contribution in [0.5, 0.6) is 5.75 Å². The maximum absolute atomic E-state index is 14.0. The number of para-hydroxylation sites is 1. The summed E-state index contributed by atoms with van der Waals surface area (Å²) in [4.78, 5) is 23.1. The number of nitrogens with zero attached hydrogens (tertiary/aromatic N) is 6. The zero-order valence-corrected chi connectivity index (χ0v) is 16.6. The number of hydrogen-bond donors (Lipinski definition) is 2. The number of nitrogens with two attached hydrogens (primary N) is 1. The molecule has 0 saturated heterocycles. The van der Waals surface area contributed by atoms with E-state index in [4.69, 9.17) is 5.73 Å². The van der Waals surface area contributed by atoms with E-state index in [1.54, 1.807) is 6.07 Å². The van der Waals surface area contributed by atoms with Crippen molar-refractivity contribution in [3.63, 3.8) is 0 Å². The minimum absolute atomic E-state index is 0.109. The fourth-order valence-corrected chi connectivity index (χ4v) is 4.09. The number of benzene rings is 2. The molecule has 1 amide bonds. The van der Waals surface area contributed by atoms with Crippen LogP contribution in [0.4, 0.5) is 15.9 Å². The van der Waals surface area contributed by atoms with Crippen LogP contribution in [0, 0.1) is 17.1 Å². The molecule has 0 bridgehead atoms. The number of phenolic OH excluding ortho intramolecular Hbond substituents is 1. The van der Waals surface area contributed by atoms with E-state index in [2.05, 4.69) is 15.1 Å². The smallest absolute Gasteiger partial charge is 0.253 e. The Bertz CT molecular complexity index is 1410. The number of anilines is 2. The molecule has 1 unspecified atom stereocenters. The summed E-state index contributed by atoms with van der Waals surface area (Å²) in [6.07, 6.45) is 1.59. The van der Waals surface area contributed by atoms with Crippen molar-refractivity contribution in [2.75, 3.05) is 17.2 Å². The number of amides is 1. The Balaban J connectivity index is 1.73. The molecule has 158 valence electrons. The Hall–Kier alpha value is -4.52. The van der Waals surface area contributed by atoms with Crippen LogP contribution >= 0.6 is 0 Å². The number of rotatable bonds is 3. The van der Waals surface area contributed by atoms with Gasteiger partial charge in [0.25, 0.3) is 5.91 Å². The summed E-state index contributed by atoms with van der Waals surface area (Å²) >= 11 is 0. The Labute approximate surface area is 181 Å². The molecule has 3 N–H and O–H groups in total. The van der Waals surface area contributed by atoms with Crippen LogP contribution in [0.25, 0.3) is 22.3 Å². The molecule has 0 fully saturated rings. The molecule has 0 spiro atoms. The van der Waals surface area contributed by atoms with E-state index in [9.17, 15) is 19.6 Å². The van der Waals surface area contributed by atoms with Crippen LogP contribution in [-0.2, 0) is 11.2 Å². The van der Waals surface area contributed by atoms with Crippen molar-refractivity contribution < 1.29 is 14.3 Å². The summed E-state index contributed by atoms with van der Waals surface area (Å²) in [5, 5.41) is 24.1. The lowest BCUT2D eigenvalue weighted by Crippen LogP contribution is -2.43. The summed E-state index contributed by atoms with van der Waals surface area (Å²) in [6, 6.07) is 12.1. The zero-order chi connectivity index (χ0) is 22.4. The summed E-state index contributed by atoms with van der Waals surface area (Å²) in [7, 11) is 0. The second-order valence-corrected chi connectivity index (χ2v) is 7.38. The van der Waals surface area contributed by atoms with Gasteiger partial charge < -0.3 is 10.8 Å². The van der Waals surface area contributed by atoms with E-state index in [1.807, 2.05) is 24.3 Å². The van der Waals surface area contributed by atoms with Crippen LogP contribution < -0.4 is 10.6 Å². The van der Waals surface area contributed by atoms with Crippen LogP contribution in [0.3, 0.4) is 0 Å². The summed E-state index contributed by atoms with van der Waals surface area (Å²) in [6.45, 7) is -0.118. The van der Waals surface area contributed by atoms with Crippen LogP contribution in [0.2, 0.25) is 0 Å². The maximum atomic E-state index is 14.0. The molecule has 0 radical (unpaired) electrons. The fourth-order valence-electron chi connectivity index (χ4n) is 4.09.